The molecule has 0 aliphatic heterocycles. The monoisotopic (exact) mass is 263 g/mol. The molecule has 18 heavy (non-hydrogen) atoms. The molecule has 4 heteroatoms. The molecule has 0 bridgehead atoms. The van der Waals surface area contributed by atoms with E-state index in [1.165, 1.54) is 25.7 Å². The van der Waals surface area contributed by atoms with Gasteiger partial charge in [0.1, 0.15) is 11.3 Å². The van der Waals surface area contributed by atoms with Crippen molar-refractivity contribution in [3.05, 3.63) is 23.7 Å². The highest BCUT2D eigenvalue weighted by Crippen LogP contribution is 2.28. The average molecular weight is 264 g/mol. The lowest BCUT2D eigenvalue weighted by atomic mass is 10.1. The van der Waals surface area contributed by atoms with E-state index in [2.05, 4.69) is 20.6 Å². The van der Waals surface area contributed by atoms with Gasteiger partial charge in [-0.2, -0.15) is 0 Å². The van der Waals surface area contributed by atoms with Crippen LogP contribution in [-0.2, 0) is 12.4 Å². The number of rotatable bonds is 3. The molecule has 0 N–H and O–H groups in total. The normalized spacial score (nSPS) is 16.8. The average Bonchev–Trinajstić information content (AvgIpc) is 2.97. The summed E-state index contributed by atoms with van der Waals surface area (Å²) in [6.45, 7) is 3.07. The first-order valence-electron chi connectivity index (χ1n) is 6.65. The van der Waals surface area contributed by atoms with Crippen molar-refractivity contribution >= 4 is 22.8 Å². The Hall–Kier alpha value is -1.09. The van der Waals surface area contributed by atoms with Gasteiger partial charge in [0, 0.05) is 12.7 Å². The Morgan fingerprint density at radius 1 is 1.39 bits per heavy atom. The largest absolute Gasteiger partial charge is 0.311 e. The summed E-state index contributed by atoms with van der Waals surface area (Å²) in [7, 11) is 0. The van der Waals surface area contributed by atoms with Gasteiger partial charge >= 0.3 is 0 Å². The van der Waals surface area contributed by atoms with Crippen LogP contribution in [0.25, 0.3) is 11.2 Å². The van der Waals surface area contributed by atoms with E-state index in [4.69, 9.17) is 11.6 Å². The number of fused-ring (bicyclic) bond motifs is 1. The fraction of sp³-hybridized carbons (Fsp3) is 0.571. The van der Waals surface area contributed by atoms with Gasteiger partial charge < -0.3 is 4.57 Å². The second-order valence-electron chi connectivity index (χ2n) is 5.28. The Labute approximate surface area is 112 Å². The summed E-state index contributed by atoms with van der Waals surface area (Å²) in [5.74, 6) is 2.19. The second-order valence-corrected chi connectivity index (χ2v) is 5.55. The number of hydrogen-bond donors (Lipinski definition) is 0. The van der Waals surface area contributed by atoms with Crippen molar-refractivity contribution in [2.45, 2.75) is 45.0 Å². The molecule has 3 rings (SSSR count). The van der Waals surface area contributed by atoms with E-state index in [1.54, 1.807) is 0 Å². The number of imidazole rings is 1. The molecule has 3 nitrogen and oxygen atoms in total. The molecule has 0 atom stereocenters. The maximum absolute atomic E-state index is 6.02. The molecule has 2 aromatic rings. The third kappa shape index (κ3) is 2.12. The fourth-order valence-electron chi connectivity index (χ4n) is 2.90. The van der Waals surface area contributed by atoms with Gasteiger partial charge in [0.25, 0.3) is 0 Å². The number of pyridine rings is 1. The van der Waals surface area contributed by atoms with Crippen LogP contribution in [-0.4, -0.2) is 14.5 Å². The molecule has 0 radical (unpaired) electrons. The lowest BCUT2D eigenvalue weighted by Gasteiger charge is -2.12. The van der Waals surface area contributed by atoms with Crippen molar-refractivity contribution < 1.29 is 0 Å². The van der Waals surface area contributed by atoms with E-state index in [-0.39, 0.29) is 0 Å². The Balaban J connectivity index is 2.01. The second kappa shape index (κ2) is 4.88. The molecule has 0 unspecified atom stereocenters. The Morgan fingerprint density at radius 3 is 2.89 bits per heavy atom. The van der Waals surface area contributed by atoms with Crippen LogP contribution in [0.5, 0.6) is 0 Å². The SMILES string of the molecule is Cc1cnc2c(c1)nc(CCl)n2CC1CCCC1. The molecular weight excluding hydrogens is 246 g/mol. The molecule has 96 valence electrons. The van der Waals surface area contributed by atoms with Crippen molar-refractivity contribution in [1.29, 1.82) is 0 Å². The molecule has 2 heterocycles. The summed E-state index contributed by atoms with van der Waals surface area (Å²) >= 11 is 6.02. The molecule has 1 aliphatic carbocycles. The Bertz CT molecular complexity index is 555. The van der Waals surface area contributed by atoms with Gasteiger partial charge in [-0.25, -0.2) is 9.97 Å². The molecule has 0 aromatic carbocycles. The molecule has 0 saturated heterocycles. The Kier molecular flexibility index (Phi) is 3.25. The van der Waals surface area contributed by atoms with Crippen LogP contribution in [0.15, 0.2) is 12.3 Å². The maximum atomic E-state index is 6.02. The minimum atomic E-state index is 0.460. The van der Waals surface area contributed by atoms with Gasteiger partial charge in [-0.15, -0.1) is 11.6 Å². The van der Waals surface area contributed by atoms with E-state index in [0.29, 0.717) is 5.88 Å². The third-order valence-corrected chi connectivity index (χ3v) is 4.07. The molecule has 0 spiro atoms. The van der Waals surface area contributed by atoms with Crippen molar-refractivity contribution in [2.75, 3.05) is 0 Å². The van der Waals surface area contributed by atoms with Gasteiger partial charge in [-0.05, 0) is 37.3 Å². The van der Waals surface area contributed by atoms with Crippen molar-refractivity contribution in [3.8, 4) is 0 Å². The number of nitrogens with zero attached hydrogens (tertiary/aromatic N) is 3. The highest BCUT2D eigenvalue weighted by atomic mass is 35.5. The van der Waals surface area contributed by atoms with Crippen LogP contribution in [0.3, 0.4) is 0 Å². The fourth-order valence-corrected chi connectivity index (χ4v) is 3.11. The molecule has 2 aromatic heterocycles. The van der Waals surface area contributed by atoms with E-state index >= 15 is 0 Å². The summed E-state index contributed by atoms with van der Waals surface area (Å²) in [5, 5.41) is 0. The van der Waals surface area contributed by atoms with Crippen molar-refractivity contribution in [1.82, 2.24) is 14.5 Å². The maximum Gasteiger partial charge on any atom is 0.160 e. The van der Waals surface area contributed by atoms with Crippen LogP contribution in [0, 0.1) is 12.8 Å². The number of alkyl halides is 1. The predicted octanol–water partition coefficient (Wildman–Crippen LogP) is 3.67. The summed E-state index contributed by atoms with van der Waals surface area (Å²) in [5.41, 5.74) is 3.11. The number of halogens is 1. The summed E-state index contributed by atoms with van der Waals surface area (Å²) in [6.07, 6.45) is 7.29. The number of hydrogen-bond acceptors (Lipinski definition) is 2. The first-order valence-corrected chi connectivity index (χ1v) is 7.19. The predicted molar refractivity (Wildman–Crippen MR) is 73.8 cm³/mol. The smallest absolute Gasteiger partial charge is 0.160 e. The lowest BCUT2D eigenvalue weighted by Crippen LogP contribution is -2.10. The minimum Gasteiger partial charge on any atom is -0.311 e. The highest BCUT2D eigenvalue weighted by Gasteiger charge is 2.19. The van der Waals surface area contributed by atoms with Crippen LogP contribution >= 0.6 is 11.6 Å². The minimum absolute atomic E-state index is 0.460. The van der Waals surface area contributed by atoms with E-state index in [9.17, 15) is 0 Å². The quantitative estimate of drug-likeness (QED) is 0.791. The van der Waals surface area contributed by atoms with E-state index in [0.717, 1.165) is 35.0 Å². The van der Waals surface area contributed by atoms with Gasteiger partial charge in [0.2, 0.25) is 0 Å². The van der Waals surface area contributed by atoms with Gasteiger partial charge in [0.15, 0.2) is 5.65 Å². The van der Waals surface area contributed by atoms with Crippen LogP contribution < -0.4 is 0 Å². The standard InChI is InChI=1S/C14H18ClN3/c1-10-6-12-14(16-8-10)18(13(7-15)17-12)9-11-4-2-3-5-11/h6,8,11H,2-5,7,9H2,1H3. The topological polar surface area (TPSA) is 30.7 Å². The molecule has 1 saturated carbocycles. The van der Waals surface area contributed by atoms with Crippen LogP contribution in [0.1, 0.15) is 37.1 Å². The summed E-state index contributed by atoms with van der Waals surface area (Å²) < 4.78 is 2.22. The summed E-state index contributed by atoms with van der Waals surface area (Å²) in [6, 6.07) is 2.09. The van der Waals surface area contributed by atoms with Gasteiger partial charge in [-0.1, -0.05) is 12.8 Å². The Morgan fingerprint density at radius 2 is 2.17 bits per heavy atom. The molecule has 0 amide bonds. The van der Waals surface area contributed by atoms with E-state index in [1.807, 2.05) is 13.1 Å². The number of aromatic nitrogens is 3. The lowest BCUT2D eigenvalue weighted by molar-refractivity contribution is 0.456. The van der Waals surface area contributed by atoms with Crippen LogP contribution in [0.4, 0.5) is 0 Å². The zero-order valence-electron chi connectivity index (χ0n) is 10.7. The molecular formula is C14H18ClN3. The highest BCUT2D eigenvalue weighted by molar-refractivity contribution is 6.16. The first-order chi connectivity index (χ1) is 8.78. The van der Waals surface area contributed by atoms with E-state index < -0.39 is 0 Å². The third-order valence-electron chi connectivity index (χ3n) is 3.84. The van der Waals surface area contributed by atoms with Gasteiger partial charge in [-0.3, -0.25) is 0 Å². The zero-order chi connectivity index (χ0) is 12.5. The molecule has 1 aliphatic rings. The van der Waals surface area contributed by atoms with Crippen molar-refractivity contribution in [3.63, 3.8) is 0 Å². The first kappa shape index (κ1) is 12.0. The summed E-state index contributed by atoms with van der Waals surface area (Å²) in [4.78, 5) is 9.14. The zero-order valence-corrected chi connectivity index (χ0v) is 11.5. The molecule has 1 fully saturated rings. The van der Waals surface area contributed by atoms with Crippen LogP contribution in [0.2, 0.25) is 0 Å². The van der Waals surface area contributed by atoms with Gasteiger partial charge in [0.05, 0.1) is 5.88 Å². The van der Waals surface area contributed by atoms with Crippen molar-refractivity contribution in [2.24, 2.45) is 5.92 Å². The number of aryl methyl sites for hydroxylation is 1.